The first-order valence-corrected chi connectivity index (χ1v) is 8.07. The number of nitrogens with one attached hydrogen (secondary N) is 1. The molecule has 0 aromatic rings. The van der Waals surface area contributed by atoms with Gasteiger partial charge in [-0.3, -0.25) is 9.59 Å². The van der Waals surface area contributed by atoms with E-state index in [1.165, 1.54) is 38.5 Å². The lowest BCUT2D eigenvalue weighted by molar-refractivity contribution is -0.137. The minimum Gasteiger partial charge on any atom is -0.342 e. The Labute approximate surface area is 123 Å². The lowest BCUT2D eigenvalue weighted by Crippen LogP contribution is -2.52. The van der Waals surface area contributed by atoms with E-state index >= 15 is 0 Å². The zero-order valence-electron chi connectivity index (χ0n) is 13.3. The molecule has 0 bridgehead atoms. The van der Waals surface area contributed by atoms with Gasteiger partial charge < -0.3 is 10.2 Å². The molecule has 1 fully saturated rings. The number of hydrogen-bond acceptors (Lipinski definition) is 2. The standard InChI is InChI=1S/C16H30N2O2/c1-4-5-6-7-8-9-10-12-18-13-11-14(19)17-16(2,3)15(18)20/h4-13H2,1-3H3,(H,17,19). The van der Waals surface area contributed by atoms with Crippen LogP contribution < -0.4 is 5.32 Å². The number of nitrogens with zero attached hydrogens (tertiary/aromatic N) is 1. The highest BCUT2D eigenvalue weighted by Crippen LogP contribution is 2.15. The molecular weight excluding hydrogens is 252 g/mol. The summed E-state index contributed by atoms with van der Waals surface area (Å²) in [7, 11) is 0. The van der Waals surface area contributed by atoms with E-state index in [1.807, 2.05) is 4.90 Å². The normalized spacial score (nSPS) is 18.9. The zero-order chi connectivity index (χ0) is 15.0. The Hall–Kier alpha value is -1.06. The summed E-state index contributed by atoms with van der Waals surface area (Å²) in [6.07, 6.45) is 9.12. The fourth-order valence-electron chi connectivity index (χ4n) is 2.67. The van der Waals surface area contributed by atoms with Gasteiger partial charge in [0, 0.05) is 19.5 Å². The molecule has 0 aromatic carbocycles. The summed E-state index contributed by atoms with van der Waals surface area (Å²) in [4.78, 5) is 25.8. The van der Waals surface area contributed by atoms with Gasteiger partial charge >= 0.3 is 0 Å². The number of unbranched alkanes of at least 4 members (excludes halogenated alkanes) is 6. The van der Waals surface area contributed by atoms with Crippen LogP contribution in [0.1, 0.15) is 72.1 Å². The lowest BCUT2D eigenvalue weighted by atomic mass is 10.0. The van der Waals surface area contributed by atoms with Crippen molar-refractivity contribution >= 4 is 11.8 Å². The summed E-state index contributed by atoms with van der Waals surface area (Å²) in [5.74, 6) is 0.0275. The minimum absolute atomic E-state index is 0.0228. The van der Waals surface area contributed by atoms with E-state index in [0.717, 1.165) is 13.0 Å². The van der Waals surface area contributed by atoms with Crippen molar-refractivity contribution in [3.05, 3.63) is 0 Å². The third-order valence-electron chi connectivity index (χ3n) is 3.91. The van der Waals surface area contributed by atoms with Crippen molar-refractivity contribution in [2.45, 2.75) is 77.7 Å². The Morgan fingerprint density at radius 3 is 2.30 bits per heavy atom. The highest BCUT2D eigenvalue weighted by molar-refractivity contribution is 5.92. The maximum atomic E-state index is 12.3. The van der Waals surface area contributed by atoms with E-state index in [2.05, 4.69) is 12.2 Å². The van der Waals surface area contributed by atoms with Gasteiger partial charge in [0.1, 0.15) is 5.54 Å². The molecule has 4 nitrogen and oxygen atoms in total. The predicted molar refractivity (Wildman–Crippen MR) is 81.4 cm³/mol. The Balaban J connectivity index is 2.28. The molecule has 116 valence electrons. The zero-order valence-corrected chi connectivity index (χ0v) is 13.3. The molecule has 1 heterocycles. The van der Waals surface area contributed by atoms with Crippen LogP contribution in [-0.2, 0) is 9.59 Å². The van der Waals surface area contributed by atoms with E-state index in [-0.39, 0.29) is 11.8 Å². The minimum atomic E-state index is -0.755. The van der Waals surface area contributed by atoms with Crippen molar-refractivity contribution in [3.8, 4) is 0 Å². The van der Waals surface area contributed by atoms with Crippen LogP contribution in [-0.4, -0.2) is 35.3 Å². The fourth-order valence-corrected chi connectivity index (χ4v) is 2.67. The van der Waals surface area contributed by atoms with Crippen LogP contribution in [0.15, 0.2) is 0 Å². The Kier molecular flexibility index (Phi) is 7.03. The first-order valence-electron chi connectivity index (χ1n) is 8.07. The summed E-state index contributed by atoms with van der Waals surface area (Å²) in [5, 5.41) is 2.79. The van der Waals surface area contributed by atoms with Crippen LogP contribution in [0.2, 0.25) is 0 Å². The molecule has 1 aliphatic heterocycles. The first-order chi connectivity index (χ1) is 9.47. The Morgan fingerprint density at radius 2 is 1.65 bits per heavy atom. The van der Waals surface area contributed by atoms with Gasteiger partial charge in [0.15, 0.2) is 0 Å². The second-order valence-corrected chi connectivity index (χ2v) is 6.34. The third kappa shape index (κ3) is 5.51. The highest BCUT2D eigenvalue weighted by Gasteiger charge is 2.35. The van der Waals surface area contributed by atoms with Gasteiger partial charge in [-0.25, -0.2) is 0 Å². The van der Waals surface area contributed by atoms with Crippen molar-refractivity contribution in [2.24, 2.45) is 0 Å². The average Bonchev–Trinajstić information content (AvgIpc) is 2.48. The molecule has 1 N–H and O–H groups in total. The molecule has 20 heavy (non-hydrogen) atoms. The van der Waals surface area contributed by atoms with Crippen molar-refractivity contribution in [1.82, 2.24) is 10.2 Å². The highest BCUT2D eigenvalue weighted by atomic mass is 16.2. The van der Waals surface area contributed by atoms with Crippen LogP contribution in [0, 0.1) is 0 Å². The van der Waals surface area contributed by atoms with Crippen molar-refractivity contribution in [1.29, 1.82) is 0 Å². The summed E-state index contributed by atoms with van der Waals surface area (Å²) in [6, 6.07) is 0. The molecule has 0 saturated carbocycles. The maximum absolute atomic E-state index is 12.3. The summed E-state index contributed by atoms with van der Waals surface area (Å²) < 4.78 is 0. The smallest absolute Gasteiger partial charge is 0.247 e. The van der Waals surface area contributed by atoms with Gasteiger partial charge in [0.2, 0.25) is 11.8 Å². The first kappa shape index (κ1) is 17.0. The molecular formula is C16H30N2O2. The van der Waals surface area contributed by atoms with E-state index in [0.29, 0.717) is 13.0 Å². The largest absolute Gasteiger partial charge is 0.342 e. The van der Waals surface area contributed by atoms with Crippen LogP contribution in [0.4, 0.5) is 0 Å². The predicted octanol–water partition coefficient (Wildman–Crippen LogP) is 2.86. The van der Waals surface area contributed by atoms with Crippen LogP contribution in [0.5, 0.6) is 0 Å². The van der Waals surface area contributed by atoms with Crippen LogP contribution in [0.25, 0.3) is 0 Å². The number of amides is 2. The van der Waals surface area contributed by atoms with Gasteiger partial charge in [-0.2, -0.15) is 0 Å². The van der Waals surface area contributed by atoms with Crippen LogP contribution in [0.3, 0.4) is 0 Å². The Bertz CT molecular complexity index is 326. The van der Waals surface area contributed by atoms with Gasteiger partial charge in [-0.1, -0.05) is 45.4 Å². The fraction of sp³-hybridized carbons (Fsp3) is 0.875. The quantitative estimate of drug-likeness (QED) is 0.696. The van der Waals surface area contributed by atoms with Gasteiger partial charge in [0.05, 0.1) is 0 Å². The SMILES string of the molecule is CCCCCCCCCN1CCC(=O)NC(C)(C)C1=O. The Morgan fingerprint density at radius 1 is 1.05 bits per heavy atom. The molecule has 1 saturated heterocycles. The van der Waals surface area contributed by atoms with E-state index < -0.39 is 5.54 Å². The second-order valence-electron chi connectivity index (χ2n) is 6.34. The molecule has 0 radical (unpaired) electrons. The number of carbonyl (C=O) groups is 2. The molecule has 0 spiro atoms. The van der Waals surface area contributed by atoms with E-state index in [4.69, 9.17) is 0 Å². The molecule has 1 rings (SSSR count). The van der Waals surface area contributed by atoms with Crippen molar-refractivity contribution in [2.75, 3.05) is 13.1 Å². The van der Waals surface area contributed by atoms with Crippen molar-refractivity contribution in [3.63, 3.8) is 0 Å². The number of rotatable bonds is 8. The second kappa shape index (κ2) is 8.28. The summed E-state index contributed by atoms with van der Waals surface area (Å²) in [6.45, 7) is 7.14. The van der Waals surface area contributed by atoms with Gasteiger partial charge in [-0.15, -0.1) is 0 Å². The average molecular weight is 282 g/mol. The van der Waals surface area contributed by atoms with Gasteiger partial charge in [-0.05, 0) is 20.3 Å². The maximum Gasteiger partial charge on any atom is 0.247 e. The van der Waals surface area contributed by atoms with Crippen LogP contribution >= 0.6 is 0 Å². The molecule has 0 aliphatic carbocycles. The number of carbonyl (C=O) groups excluding carboxylic acids is 2. The van der Waals surface area contributed by atoms with Gasteiger partial charge in [0.25, 0.3) is 0 Å². The van der Waals surface area contributed by atoms with Crippen molar-refractivity contribution < 1.29 is 9.59 Å². The summed E-state index contributed by atoms with van der Waals surface area (Å²) >= 11 is 0. The topological polar surface area (TPSA) is 49.4 Å². The monoisotopic (exact) mass is 282 g/mol. The van der Waals surface area contributed by atoms with E-state index in [1.54, 1.807) is 13.8 Å². The van der Waals surface area contributed by atoms with E-state index in [9.17, 15) is 9.59 Å². The molecule has 0 aromatic heterocycles. The third-order valence-corrected chi connectivity index (χ3v) is 3.91. The summed E-state index contributed by atoms with van der Waals surface area (Å²) in [5.41, 5.74) is -0.755. The molecule has 0 atom stereocenters. The number of hydrogen-bond donors (Lipinski definition) is 1. The lowest BCUT2D eigenvalue weighted by Gasteiger charge is -2.28. The molecule has 2 amide bonds. The molecule has 1 aliphatic rings. The molecule has 4 heteroatoms. The molecule has 0 unspecified atom stereocenters.